The molecular formula is C13H15N3OS. The SMILES string of the molecule is CC(NC(=O)C(N)c1cccs1)c1ccccn1. The van der Waals surface area contributed by atoms with Crippen LogP contribution in [0, 0.1) is 0 Å². The molecule has 2 atom stereocenters. The van der Waals surface area contributed by atoms with Gasteiger partial charge in [0.1, 0.15) is 6.04 Å². The maximum absolute atomic E-state index is 12.0. The average Bonchev–Trinajstić information content (AvgIpc) is 2.92. The van der Waals surface area contributed by atoms with Crippen molar-refractivity contribution in [3.63, 3.8) is 0 Å². The fraction of sp³-hybridized carbons (Fsp3) is 0.231. The third-order valence-electron chi connectivity index (χ3n) is 2.62. The maximum atomic E-state index is 12.0. The molecule has 3 N–H and O–H groups in total. The largest absolute Gasteiger partial charge is 0.346 e. The van der Waals surface area contributed by atoms with Crippen LogP contribution in [0.2, 0.25) is 0 Å². The van der Waals surface area contributed by atoms with Gasteiger partial charge in [0, 0.05) is 11.1 Å². The number of nitrogens with one attached hydrogen (secondary N) is 1. The molecule has 0 radical (unpaired) electrons. The highest BCUT2D eigenvalue weighted by Gasteiger charge is 2.19. The summed E-state index contributed by atoms with van der Waals surface area (Å²) in [4.78, 5) is 17.0. The molecule has 0 saturated heterocycles. The molecule has 1 amide bonds. The summed E-state index contributed by atoms with van der Waals surface area (Å²) in [7, 11) is 0. The van der Waals surface area contributed by atoms with Gasteiger partial charge in [-0.3, -0.25) is 9.78 Å². The van der Waals surface area contributed by atoms with Gasteiger partial charge in [0.2, 0.25) is 5.91 Å². The van der Waals surface area contributed by atoms with E-state index in [1.54, 1.807) is 6.20 Å². The van der Waals surface area contributed by atoms with Crippen molar-refractivity contribution in [1.29, 1.82) is 0 Å². The topological polar surface area (TPSA) is 68.0 Å². The predicted molar refractivity (Wildman–Crippen MR) is 72.0 cm³/mol. The minimum Gasteiger partial charge on any atom is -0.346 e. The van der Waals surface area contributed by atoms with Gasteiger partial charge in [-0.15, -0.1) is 11.3 Å². The Morgan fingerprint density at radius 1 is 1.39 bits per heavy atom. The summed E-state index contributed by atoms with van der Waals surface area (Å²) in [6.45, 7) is 1.89. The number of nitrogens with zero attached hydrogens (tertiary/aromatic N) is 1. The van der Waals surface area contributed by atoms with E-state index < -0.39 is 6.04 Å². The number of rotatable bonds is 4. The van der Waals surface area contributed by atoms with Crippen LogP contribution in [0.25, 0.3) is 0 Å². The fourth-order valence-corrected chi connectivity index (χ4v) is 2.33. The van der Waals surface area contributed by atoms with E-state index in [1.165, 1.54) is 11.3 Å². The van der Waals surface area contributed by atoms with Crippen molar-refractivity contribution < 1.29 is 4.79 Å². The quantitative estimate of drug-likeness (QED) is 0.884. The molecule has 5 heteroatoms. The minimum absolute atomic E-state index is 0.148. The van der Waals surface area contributed by atoms with E-state index in [0.717, 1.165) is 10.6 Å². The lowest BCUT2D eigenvalue weighted by Crippen LogP contribution is -2.35. The first kappa shape index (κ1) is 12.7. The summed E-state index contributed by atoms with van der Waals surface area (Å²) in [6, 6.07) is 8.59. The van der Waals surface area contributed by atoms with E-state index in [0.29, 0.717) is 0 Å². The Hall–Kier alpha value is -1.72. The molecule has 0 bridgehead atoms. The lowest BCUT2D eigenvalue weighted by molar-refractivity contribution is -0.123. The second-order valence-electron chi connectivity index (χ2n) is 3.98. The second-order valence-corrected chi connectivity index (χ2v) is 4.96. The molecule has 18 heavy (non-hydrogen) atoms. The zero-order chi connectivity index (χ0) is 13.0. The van der Waals surface area contributed by atoms with Crippen molar-refractivity contribution in [2.45, 2.75) is 19.0 Å². The zero-order valence-corrected chi connectivity index (χ0v) is 10.9. The van der Waals surface area contributed by atoms with Gasteiger partial charge in [0.25, 0.3) is 0 Å². The van der Waals surface area contributed by atoms with E-state index in [2.05, 4.69) is 10.3 Å². The molecule has 0 aromatic carbocycles. The van der Waals surface area contributed by atoms with Crippen molar-refractivity contribution in [2.24, 2.45) is 5.73 Å². The first-order chi connectivity index (χ1) is 8.68. The molecule has 0 fully saturated rings. The molecule has 2 heterocycles. The number of carbonyl (C=O) groups is 1. The van der Waals surface area contributed by atoms with Crippen LogP contribution in [-0.4, -0.2) is 10.9 Å². The molecule has 4 nitrogen and oxygen atoms in total. The van der Waals surface area contributed by atoms with Gasteiger partial charge in [-0.2, -0.15) is 0 Å². The first-order valence-electron chi connectivity index (χ1n) is 5.69. The lowest BCUT2D eigenvalue weighted by Gasteiger charge is -2.16. The molecule has 0 aliphatic heterocycles. The Morgan fingerprint density at radius 3 is 2.83 bits per heavy atom. The molecule has 2 rings (SSSR count). The molecule has 2 aromatic rings. The third-order valence-corrected chi connectivity index (χ3v) is 3.58. The highest BCUT2D eigenvalue weighted by atomic mass is 32.1. The Morgan fingerprint density at radius 2 is 2.22 bits per heavy atom. The summed E-state index contributed by atoms with van der Waals surface area (Å²) >= 11 is 1.48. The molecule has 0 saturated carbocycles. The van der Waals surface area contributed by atoms with Crippen molar-refractivity contribution in [1.82, 2.24) is 10.3 Å². The van der Waals surface area contributed by atoms with Gasteiger partial charge in [-0.1, -0.05) is 12.1 Å². The van der Waals surface area contributed by atoms with E-state index in [4.69, 9.17) is 5.73 Å². The molecule has 2 unspecified atom stereocenters. The van der Waals surface area contributed by atoms with Crippen molar-refractivity contribution in [3.05, 3.63) is 52.5 Å². The minimum atomic E-state index is -0.615. The van der Waals surface area contributed by atoms with Crippen LogP contribution in [0.3, 0.4) is 0 Å². The van der Waals surface area contributed by atoms with Gasteiger partial charge in [-0.05, 0) is 30.5 Å². The summed E-state index contributed by atoms with van der Waals surface area (Å²) in [5.41, 5.74) is 6.71. The van der Waals surface area contributed by atoms with Crippen molar-refractivity contribution >= 4 is 17.2 Å². The summed E-state index contributed by atoms with van der Waals surface area (Å²) < 4.78 is 0. The van der Waals surface area contributed by atoms with E-state index in [9.17, 15) is 4.79 Å². The fourth-order valence-electron chi connectivity index (χ4n) is 1.61. The van der Waals surface area contributed by atoms with Crippen molar-refractivity contribution in [3.8, 4) is 0 Å². The molecule has 94 valence electrons. The van der Waals surface area contributed by atoms with Gasteiger partial charge < -0.3 is 11.1 Å². The van der Waals surface area contributed by atoms with E-state index in [-0.39, 0.29) is 11.9 Å². The lowest BCUT2D eigenvalue weighted by atomic mass is 10.2. The highest BCUT2D eigenvalue weighted by molar-refractivity contribution is 7.10. The maximum Gasteiger partial charge on any atom is 0.242 e. The molecular weight excluding hydrogens is 246 g/mol. The highest BCUT2D eigenvalue weighted by Crippen LogP contribution is 2.18. The van der Waals surface area contributed by atoms with Crippen LogP contribution in [0.5, 0.6) is 0 Å². The molecule has 0 aliphatic rings. The Labute approximate surface area is 110 Å². The van der Waals surface area contributed by atoms with Crippen LogP contribution in [0.4, 0.5) is 0 Å². The van der Waals surface area contributed by atoms with Gasteiger partial charge >= 0.3 is 0 Å². The number of pyridine rings is 1. The smallest absolute Gasteiger partial charge is 0.242 e. The number of hydrogen-bond acceptors (Lipinski definition) is 4. The number of carbonyl (C=O) groups excluding carboxylic acids is 1. The van der Waals surface area contributed by atoms with Gasteiger partial charge in [0.05, 0.1) is 11.7 Å². The Balaban J connectivity index is 1.99. The monoisotopic (exact) mass is 261 g/mol. The Bertz CT molecular complexity index is 498. The van der Waals surface area contributed by atoms with Crippen LogP contribution in [0.1, 0.15) is 29.6 Å². The zero-order valence-electron chi connectivity index (χ0n) is 10.0. The number of thiophene rings is 1. The average molecular weight is 261 g/mol. The van der Waals surface area contributed by atoms with Crippen molar-refractivity contribution in [2.75, 3.05) is 0 Å². The summed E-state index contributed by atoms with van der Waals surface area (Å²) in [5.74, 6) is -0.185. The predicted octanol–water partition coefficient (Wildman–Crippen LogP) is 2.02. The third kappa shape index (κ3) is 2.94. The standard InChI is InChI=1S/C13H15N3OS/c1-9(10-5-2-3-7-15-10)16-13(17)12(14)11-6-4-8-18-11/h2-9,12H,14H2,1H3,(H,16,17). The van der Waals surface area contributed by atoms with E-state index >= 15 is 0 Å². The van der Waals surface area contributed by atoms with Crippen LogP contribution in [0.15, 0.2) is 41.9 Å². The number of hydrogen-bond donors (Lipinski definition) is 2. The summed E-state index contributed by atoms with van der Waals surface area (Å²) in [5, 5.41) is 4.77. The first-order valence-corrected chi connectivity index (χ1v) is 6.56. The van der Waals surface area contributed by atoms with Gasteiger partial charge in [-0.25, -0.2) is 0 Å². The number of aromatic nitrogens is 1. The van der Waals surface area contributed by atoms with Crippen LogP contribution in [-0.2, 0) is 4.79 Å². The van der Waals surface area contributed by atoms with Crippen LogP contribution >= 0.6 is 11.3 Å². The Kier molecular flexibility index (Phi) is 4.07. The molecule has 0 spiro atoms. The second kappa shape index (κ2) is 5.75. The van der Waals surface area contributed by atoms with Crippen LogP contribution < -0.4 is 11.1 Å². The summed E-state index contributed by atoms with van der Waals surface area (Å²) in [6.07, 6.45) is 1.71. The van der Waals surface area contributed by atoms with E-state index in [1.807, 2.05) is 42.6 Å². The van der Waals surface area contributed by atoms with Gasteiger partial charge in [0.15, 0.2) is 0 Å². The normalized spacial score (nSPS) is 13.9. The number of nitrogens with two attached hydrogens (primary N) is 1. The molecule has 0 aliphatic carbocycles. The number of amides is 1. The molecule has 2 aromatic heterocycles.